The maximum Gasteiger partial charge on any atom is 0.311 e. The monoisotopic (exact) mass is 750 g/mol. The molecule has 3 aliphatic rings. The van der Waals surface area contributed by atoms with E-state index in [1.54, 1.807) is 29.5 Å². The fraction of sp³-hybridized carbons (Fsp3) is 0.273. The molecule has 2 atom stereocenters. The maximum atomic E-state index is 16.9. The fourth-order valence-corrected chi connectivity index (χ4v) is 9.06. The van der Waals surface area contributed by atoms with Gasteiger partial charge in [0.25, 0.3) is 0 Å². The van der Waals surface area contributed by atoms with Crippen LogP contribution in [0.25, 0.3) is 33.8 Å². The van der Waals surface area contributed by atoms with Gasteiger partial charge < -0.3 is 10.1 Å². The van der Waals surface area contributed by atoms with Gasteiger partial charge in [0.1, 0.15) is 22.7 Å². The van der Waals surface area contributed by atoms with Crippen LogP contribution in [-0.2, 0) is 22.1 Å². The molecule has 3 aliphatic carbocycles. The lowest BCUT2D eigenvalue weighted by Crippen LogP contribution is -2.52. The van der Waals surface area contributed by atoms with E-state index in [0.717, 1.165) is 42.4 Å². The number of nitrogens with zero attached hydrogens (tertiary/aromatic N) is 7. The van der Waals surface area contributed by atoms with Gasteiger partial charge in [-0.25, -0.2) is 28.4 Å². The van der Waals surface area contributed by atoms with E-state index in [0.29, 0.717) is 16.6 Å². The zero-order valence-corrected chi connectivity index (χ0v) is 31.0. The molecule has 3 aromatic carbocycles. The molecule has 0 saturated heterocycles. The van der Waals surface area contributed by atoms with Crippen molar-refractivity contribution < 1.29 is 18.3 Å². The zero-order valence-electron chi connectivity index (χ0n) is 31.0. The Morgan fingerprint density at radius 1 is 0.839 bits per heavy atom. The highest BCUT2D eigenvalue weighted by Gasteiger charge is 2.48. The van der Waals surface area contributed by atoms with E-state index in [-0.39, 0.29) is 47.4 Å². The standard InChI is InChI=1S/C44H40F2N8O2/c1-3-56-43(55)35-27-19-21-28(22-20-27)37(35)49-40-36(46)38(29-24-48-53(2)26-29)50-41(51-40)39-34-23-33(45)25-47-42(34)54(52-39)44(30-13-7-4-8-14-30,31-15-9-5-10-16-31)32-17-11-6-12-18-32/h4-18,23-28,35,37H,3,19-22H2,1-2H3,(H,49,50,51)/t27?,28?,35-,37-/m0/s1. The third-order valence-corrected chi connectivity index (χ3v) is 11.5. The number of pyridine rings is 1. The van der Waals surface area contributed by atoms with Crippen LogP contribution in [0.4, 0.5) is 14.6 Å². The Labute approximate surface area is 322 Å². The third-order valence-electron chi connectivity index (χ3n) is 11.5. The minimum absolute atomic E-state index is 0.00763. The summed E-state index contributed by atoms with van der Waals surface area (Å²) in [5.74, 6) is -1.79. The van der Waals surface area contributed by atoms with Crippen molar-refractivity contribution in [3.63, 3.8) is 0 Å². The van der Waals surface area contributed by atoms with Crippen LogP contribution in [0.5, 0.6) is 0 Å². The molecule has 10 rings (SSSR count). The van der Waals surface area contributed by atoms with E-state index in [9.17, 15) is 4.79 Å². The van der Waals surface area contributed by atoms with Crippen LogP contribution in [0, 0.1) is 29.4 Å². The van der Waals surface area contributed by atoms with E-state index in [1.807, 2.05) is 91.0 Å². The second-order valence-corrected chi connectivity index (χ2v) is 14.7. The average molecular weight is 751 g/mol. The number of carbonyl (C=O) groups excluding carboxylic acids is 1. The van der Waals surface area contributed by atoms with E-state index in [1.165, 1.54) is 18.5 Å². The predicted molar refractivity (Wildman–Crippen MR) is 208 cm³/mol. The van der Waals surface area contributed by atoms with Gasteiger partial charge in [-0.1, -0.05) is 91.0 Å². The quantitative estimate of drug-likeness (QED) is 0.110. The topological polar surface area (TPSA) is 113 Å². The van der Waals surface area contributed by atoms with Crippen molar-refractivity contribution >= 4 is 22.8 Å². The Morgan fingerprint density at radius 2 is 1.45 bits per heavy atom. The number of esters is 1. The summed E-state index contributed by atoms with van der Waals surface area (Å²) in [6, 6.07) is 30.8. The number of anilines is 1. The van der Waals surface area contributed by atoms with Gasteiger partial charge in [-0.2, -0.15) is 10.2 Å². The van der Waals surface area contributed by atoms with Crippen molar-refractivity contribution in [2.24, 2.45) is 24.8 Å². The number of fused-ring (bicyclic) bond motifs is 4. The first-order valence-corrected chi connectivity index (χ1v) is 19.1. The Hall–Kier alpha value is -6.30. The fourth-order valence-electron chi connectivity index (χ4n) is 9.06. The molecule has 3 fully saturated rings. The number of hydrogen-bond acceptors (Lipinski definition) is 8. The molecule has 4 aromatic heterocycles. The lowest BCUT2D eigenvalue weighted by Gasteiger charge is -2.47. The number of carbonyl (C=O) groups is 1. The molecule has 0 radical (unpaired) electrons. The van der Waals surface area contributed by atoms with Gasteiger partial charge in [0, 0.05) is 24.8 Å². The molecule has 4 heterocycles. The van der Waals surface area contributed by atoms with Crippen LogP contribution in [-0.4, -0.2) is 53.1 Å². The molecule has 7 aromatic rings. The maximum absolute atomic E-state index is 16.9. The Balaban J connectivity index is 1.30. The van der Waals surface area contributed by atoms with Crippen molar-refractivity contribution in [2.75, 3.05) is 11.9 Å². The summed E-state index contributed by atoms with van der Waals surface area (Å²) in [4.78, 5) is 27.8. The van der Waals surface area contributed by atoms with Crippen molar-refractivity contribution in [1.29, 1.82) is 0 Å². The van der Waals surface area contributed by atoms with Crippen molar-refractivity contribution in [3.8, 4) is 22.8 Å². The number of rotatable bonds is 10. The van der Waals surface area contributed by atoms with Crippen LogP contribution in [0.15, 0.2) is 116 Å². The van der Waals surface area contributed by atoms with E-state index in [2.05, 4.69) is 15.4 Å². The summed E-state index contributed by atoms with van der Waals surface area (Å²) in [6.07, 6.45) is 8.03. The first-order valence-electron chi connectivity index (χ1n) is 19.1. The number of nitrogens with one attached hydrogen (secondary N) is 1. The van der Waals surface area contributed by atoms with E-state index < -0.39 is 29.1 Å². The minimum atomic E-state index is -1.10. The highest BCUT2D eigenvalue weighted by atomic mass is 19.1. The van der Waals surface area contributed by atoms with Crippen molar-refractivity contribution in [2.45, 2.75) is 44.2 Å². The number of hydrogen-bond donors (Lipinski definition) is 1. The van der Waals surface area contributed by atoms with Gasteiger partial charge in [0.05, 0.1) is 30.3 Å². The van der Waals surface area contributed by atoms with Gasteiger partial charge in [-0.3, -0.25) is 9.48 Å². The molecule has 0 amide bonds. The van der Waals surface area contributed by atoms with Gasteiger partial charge >= 0.3 is 5.97 Å². The molecule has 0 unspecified atom stereocenters. The van der Waals surface area contributed by atoms with Crippen LogP contribution in [0.2, 0.25) is 0 Å². The summed E-state index contributed by atoms with van der Waals surface area (Å²) in [7, 11) is 1.74. The lowest BCUT2D eigenvalue weighted by atomic mass is 9.61. The summed E-state index contributed by atoms with van der Waals surface area (Å²) in [6.45, 7) is 2.05. The molecular weight excluding hydrogens is 711 g/mol. The summed E-state index contributed by atoms with van der Waals surface area (Å²) < 4.78 is 41.3. The van der Waals surface area contributed by atoms with Crippen LogP contribution in [0.3, 0.4) is 0 Å². The Kier molecular flexibility index (Phi) is 9.11. The molecular formula is C44H40F2N8O2. The zero-order chi connectivity index (χ0) is 38.4. The molecule has 282 valence electrons. The van der Waals surface area contributed by atoms with Crippen molar-refractivity contribution in [3.05, 3.63) is 144 Å². The number of aryl methyl sites for hydroxylation is 1. The normalized spacial score (nSPS) is 19.3. The predicted octanol–water partition coefficient (Wildman–Crippen LogP) is 8.19. The highest BCUT2D eigenvalue weighted by Crippen LogP contribution is 2.48. The minimum Gasteiger partial charge on any atom is -0.466 e. The molecule has 0 aliphatic heterocycles. The number of benzene rings is 3. The van der Waals surface area contributed by atoms with Crippen LogP contribution in [0.1, 0.15) is 49.3 Å². The molecule has 2 bridgehead atoms. The van der Waals surface area contributed by atoms with Crippen LogP contribution < -0.4 is 5.32 Å². The van der Waals surface area contributed by atoms with E-state index >= 15 is 8.78 Å². The Bertz CT molecular complexity index is 2420. The molecule has 56 heavy (non-hydrogen) atoms. The summed E-state index contributed by atoms with van der Waals surface area (Å²) in [5, 5.41) is 13.3. The van der Waals surface area contributed by atoms with Crippen molar-refractivity contribution in [1.82, 2.24) is 34.5 Å². The van der Waals surface area contributed by atoms with E-state index in [4.69, 9.17) is 19.8 Å². The molecule has 10 nitrogen and oxygen atoms in total. The lowest BCUT2D eigenvalue weighted by molar-refractivity contribution is -0.154. The smallest absolute Gasteiger partial charge is 0.311 e. The van der Waals surface area contributed by atoms with Gasteiger partial charge in [-0.15, -0.1) is 0 Å². The van der Waals surface area contributed by atoms with Gasteiger partial charge in [0.2, 0.25) is 0 Å². The van der Waals surface area contributed by atoms with Crippen LogP contribution >= 0.6 is 0 Å². The molecule has 12 heteroatoms. The average Bonchev–Trinajstić information content (AvgIpc) is 3.84. The Morgan fingerprint density at radius 3 is 2.02 bits per heavy atom. The van der Waals surface area contributed by atoms with Gasteiger partial charge in [-0.05, 0) is 67.2 Å². The third kappa shape index (κ3) is 5.91. The number of halogens is 2. The summed E-state index contributed by atoms with van der Waals surface area (Å²) >= 11 is 0. The number of aromatic nitrogens is 7. The second-order valence-electron chi connectivity index (χ2n) is 14.7. The van der Waals surface area contributed by atoms with Gasteiger partial charge in [0.15, 0.2) is 23.1 Å². The SMILES string of the molecule is CCOC(=O)[C@H]1C2CCC(CC2)[C@@H]1Nc1nc(-c2nn(C(c3ccccc3)(c3ccccc3)c3ccccc3)c3ncc(F)cc23)nc(-c2cnn(C)c2)c1F. The first-order chi connectivity index (χ1) is 27.4. The molecule has 3 saturated carbocycles. The molecule has 0 spiro atoms. The number of ether oxygens (including phenoxy) is 1. The largest absolute Gasteiger partial charge is 0.466 e. The molecule has 1 N–H and O–H groups in total. The first kappa shape index (κ1) is 35.4. The highest BCUT2D eigenvalue weighted by molar-refractivity contribution is 5.90. The summed E-state index contributed by atoms with van der Waals surface area (Å²) in [5.41, 5.74) is 2.54. The second kappa shape index (κ2) is 14.4.